The molecule has 0 unspecified atom stereocenters. The number of halogens is 2. The maximum absolute atomic E-state index is 13.6. The lowest BCUT2D eigenvalue weighted by Crippen LogP contribution is -2.00. The number of hydrogen-bond acceptors (Lipinski definition) is 3. The monoisotopic (exact) mass is 286 g/mol. The van der Waals surface area contributed by atoms with Crippen LogP contribution < -0.4 is 10.5 Å². The second kappa shape index (κ2) is 5.46. The summed E-state index contributed by atoms with van der Waals surface area (Å²) in [5, 5.41) is 0.923. The van der Waals surface area contributed by atoms with E-state index in [9.17, 15) is 8.78 Å². The Balaban J connectivity index is 2.04. The first-order valence-electron chi connectivity index (χ1n) is 6.39. The summed E-state index contributed by atoms with van der Waals surface area (Å²) in [5.74, 6) is -1.30. The molecule has 1 aromatic heterocycles. The SMILES string of the molecule is NCc1cc(Oc2ccc(F)cc2F)nc2ccccc12. The van der Waals surface area contributed by atoms with Crippen molar-refractivity contribution in [3.63, 3.8) is 0 Å². The third kappa shape index (κ3) is 2.68. The van der Waals surface area contributed by atoms with Crippen molar-refractivity contribution < 1.29 is 13.5 Å². The van der Waals surface area contributed by atoms with Gasteiger partial charge in [-0.15, -0.1) is 0 Å². The Morgan fingerprint density at radius 2 is 1.86 bits per heavy atom. The topological polar surface area (TPSA) is 48.1 Å². The predicted octanol–water partition coefficient (Wildman–Crippen LogP) is 3.76. The summed E-state index contributed by atoms with van der Waals surface area (Å²) in [5.41, 5.74) is 7.27. The Hall–Kier alpha value is -2.53. The van der Waals surface area contributed by atoms with Gasteiger partial charge in [-0.2, -0.15) is 0 Å². The lowest BCUT2D eigenvalue weighted by atomic mass is 10.1. The van der Waals surface area contributed by atoms with Gasteiger partial charge in [-0.3, -0.25) is 0 Å². The summed E-state index contributed by atoms with van der Waals surface area (Å²) in [6, 6.07) is 12.2. The lowest BCUT2D eigenvalue weighted by molar-refractivity contribution is 0.425. The number of nitrogens with two attached hydrogens (primary N) is 1. The van der Waals surface area contributed by atoms with E-state index in [1.54, 1.807) is 6.07 Å². The zero-order chi connectivity index (χ0) is 14.8. The fraction of sp³-hybridized carbons (Fsp3) is 0.0625. The second-order valence-corrected chi connectivity index (χ2v) is 4.52. The number of benzene rings is 2. The third-order valence-electron chi connectivity index (χ3n) is 3.11. The second-order valence-electron chi connectivity index (χ2n) is 4.52. The van der Waals surface area contributed by atoms with Crippen molar-refractivity contribution in [2.75, 3.05) is 0 Å². The average Bonchev–Trinajstić information content (AvgIpc) is 2.49. The molecular formula is C16H12F2N2O. The van der Waals surface area contributed by atoms with E-state index in [0.717, 1.165) is 23.1 Å². The standard InChI is InChI=1S/C16H12F2N2O/c17-11-5-6-15(13(18)8-11)21-16-7-10(9-19)12-3-1-2-4-14(12)20-16/h1-8H,9,19H2. The van der Waals surface area contributed by atoms with Gasteiger partial charge in [-0.1, -0.05) is 18.2 Å². The van der Waals surface area contributed by atoms with E-state index in [0.29, 0.717) is 12.1 Å². The van der Waals surface area contributed by atoms with E-state index < -0.39 is 11.6 Å². The molecule has 106 valence electrons. The third-order valence-corrected chi connectivity index (χ3v) is 3.11. The highest BCUT2D eigenvalue weighted by molar-refractivity contribution is 5.82. The highest BCUT2D eigenvalue weighted by atomic mass is 19.1. The van der Waals surface area contributed by atoms with Crippen molar-refractivity contribution in [3.8, 4) is 11.6 Å². The Morgan fingerprint density at radius 1 is 1.05 bits per heavy atom. The molecule has 21 heavy (non-hydrogen) atoms. The molecule has 0 spiro atoms. The smallest absolute Gasteiger partial charge is 0.220 e. The van der Waals surface area contributed by atoms with Crippen molar-refractivity contribution >= 4 is 10.9 Å². The van der Waals surface area contributed by atoms with Crippen LogP contribution in [0.1, 0.15) is 5.56 Å². The van der Waals surface area contributed by atoms with Gasteiger partial charge in [0.1, 0.15) is 5.82 Å². The molecule has 0 aliphatic heterocycles. The van der Waals surface area contributed by atoms with Crippen LogP contribution in [0, 0.1) is 11.6 Å². The van der Waals surface area contributed by atoms with Crippen LogP contribution in [0.3, 0.4) is 0 Å². The minimum atomic E-state index is -0.778. The molecule has 0 saturated heterocycles. The Labute approximate surface area is 120 Å². The van der Waals surface area contributed by atoms with Gasteiger partial charge in [0.15, 0.2) is 11.6 Å². The first-order valence-corrected chi connectivity index (χ1v) is 6.39. The van der Waals surface area contributed by atoms with Crippen LogP contribution in [0.4, 0.5) is 8.78 Å². The van der Waals surface area contributed by atoms with Crippen LogP contribution in [0.25, 0.3) is 10.9 Å². The quantitative estimate of drug-likeness (QED) is 0.797. The van der Waals surface area contributed by atoms with Crippen LogP contribution in [-0.2, 0) is 6.54 Å². The first kappa shape index (κ1) is 13.5. The van der Waals surface area contributed by atoms with Gasteiger partial charge in [0.05, 0.1) is 5.52 Å². The maximum atomic E-state index is 13.6. The molecule has 0 radical (unpaired) electrons. The van der Waals surface area contributed by atoms with E-state index in [-0.39, 0.29) is 11.6 Å². The minimum Gasteiger partial charge on any atom is -0.436 e. The predicted molar refractivity (Wildman–Crippen MR) is 76.1 cm³/mol. The number of pyridine rings is 1. The Bertz CT molecular complexity index is 805. The summed E-state index contributed by atoms with van der Waals surface area (Å²) in [6.07, 6.45) is 0. The molecular weight excluding hydrogens is 274 g/mol. The van der Waals surface area contributed by atoms with E-state index in [1.807, 2.05) is 24.3 Å². The molecule has 0 aliphatic carbocycles. The van der Waals surface area contributed by atoms with Crippen molar-refractivity contribution in [2.24, 2.45) is 5.73 Å². The molecule has 3 nitrogen and oxygen atoms in total. The van der Waals surface area contributed by atoms with Crippen LogP contribution in [0.5, 0.6) is 11.6 Å². The molecule has 0 aliphatic rings. The fourth-order valence-electron chi connectivity index (χ4n) is 2.11. The zero-order valence-electron chi connectivity index (χ0n) is 11.0. The molecule has 0 saturated carbocycles. The highest BCUT2D eigenvalue weighted by Gasteiger charge is 2.10. The first-order chi connectivity index (χ1) is 10.2. The molecule has 1 heterocycles. The van der Waals surface area contributed by atoms with Crippen molar-refractivity contribution in [2.45, 2.75) is 6.54 Å². The summed E-state index contributed by atoms with van der Waals surface area (Å²) in [6.45, 7) is 0.311. The van der Waals surface area contributed by atoms with Gasteiger partial charge < -0.3 is 10.5 Å². The van der Waals surface area contributed by atoms with Gasteiger partial charge in [0.25, 0.3) is 0 Å². The largest absolute Gasteiger partial charge is 0.436 e. The van der Waals surface area contributed by atoms with Gasteiger partial charge in [-0.25, -0.2) is 13.8 Å². The molecule has 0 fully saturated rings. The van der Waals surface area contributed by atoms with Crippen LogP contribution in [-0.4, -0.2) is 4.98 Å². The molecule has 3 rings (SSSR count). The number of fused-ring (bicyclic) bond motifs is 1. The Kier molecular flexibility index (Phi) is 3.50. The summed E-state index contributed by atoms with van der Waals surface area (Å²) < 4.78 is 31.9. The number of rotatable bonds is 3. The number of hydrogen-bond donors (Lipinski definition) is 1. The average molecular weight is 286 g/mol. The number of aromatic nitrogens is 1. The summed E-state index contributed by atoms with van der Waals surface area (Å²) in [4.78, 5) is 4.30. The molecule has 0 atom stereocenters. The fourth-order valence-corrected chi connectivity index (χ4v) is 2.11. The van der Waals surface area contributed by atoms with Crippen molar-refractivity contribution in [3.05, 3.63) is 65.7 Å². The van der Waals surface area contributed by atoms with E-state index in [1.165, 1.54) is 6.07 Å². The van der Waals surface area contributed by atoms with Gasteiger partial charge in [0, 0.05) is 24.1 Å². The number of nitrogens with zero attached hydrogens (tertiary/aromatic N) is 1. The molecule has 2 N–H and O–H groups in total. The molecule has 2 aromatic carbocycles. The van der Waals surface area contributed by atoms with Crippen LogP contribution in [0.15, 0.2) is 48.5 Å². The number of para-hydroxylation sites is 1. The molecule has 0 bridgehead atoms. The van der Waals surface area contributed by atoms with Crippen molar-refractivity contribution in [1.29, 1.82) is 0 Å². The summed E-state index contributed by atoms with van der Waals surface area (Å²) >= 11 is 0. The van der Waals surface area contributed by atoms with Crippen molar-refractivity contribution in [1.82, 2.24) is 4.98 Å². The van der Waals surface area contributed by atoms with Gasteiger partial charge in [0.2, 0.25) is 5.88 Å². The number of ether oxygens (including phenoxy) is 1. The van der Waals surface area contributed by atoms with Crippen LogP contribution >= 0.6 is 0 Å². The van der Waals surface area contributed by atoms with E-state index in [2.05, 4.69) is 4.98 Å². The molecule has 5 heteroatoms. The zero-order valence-corrected chi connectivity index (χ0v) is 11.0. The van der Waals surface area contributed by atoms with Crippen LogP contribution in [0.2, 0.25) is 0 Å². The highest BCUT2D eigenvalue weighted by Crippen LogP contribution is 2.27. The Morgan fingerprint density at radius 3 is 2.62 bits per heavy atom. The van der Waals surface area contributed by atoms with E-state index in [4.69, 9.17) is 10.5 Å². The van der Waals surface area contributed by atoms with Gasteiger partial charge >= 0.3 is 0 Å². The van der Waals surface area contributed by atoms with E-state index >= 15 is 0 Å². The summed E-state index contributed by atoms with van der Waals surface area (Å²) in [7, 11) is 0. The molecule has 3 aromatic rings. The van der Waals surface area contributed by atoms with Gasteiger partial charge in [-0.05, 0) is 23.8 Å². The maximum Gasteiger partial charge on any atom is 0.220 e. The normalized spacial score (nSPS) is 10.8. The minimum absolute atomic E-state index is 0.0813. The molecule has 0 amide bonds. The lowest BCUT2D eigenvalue weighted by Gasteiger charge is -2.10.